The van der Waals surface area contributed by atoms with Crippen molar-refractivity contribution in [3.05, 3.63) is 60.3 Å². The van der Waals surface area contributed by atoms with Gasteiger partial charge in [0.2, 0.25) is 0 Å². The normalized spacial score (nSPS) is 23.8. The molecule has 1 aliphatic carbocycles. The van der Waals surface area contributed by atoms with Crippen LogP contribution in [0.3, 0.4) is 0 Å². The van der Waals surface area contributed by atoms with Crippen molar-refractivity contribution >= 4 is 10.9 Å². The molecule has 2 atom stereocenters. The monoisotopic (exact) mass is 390 g/mol. The molecule has 2 fully saturated rings. The average molecular weight is 391 g/mol. The van der Waals surface area contributed by atoms with Crippen molar-refractivity contribution in [3.63, 3.8) is 0 Å². The first-order valence-electron chi connectivity index (χ1n) is 11.0. The summed E-state index contributed by atoms with van der Waals surface area (Å²) in [5.74, 6) is 0.256. The van der Waals surface area contributed by atoms with Crippen LogP contribution in [0.5, 0.6) is 0 Å². The van der Waals surface area contributed by atoms with Crippen LogP contribution in [0.2, 0.25) is 0 Å². The number of aromatic nitrogens is 3. The predicted octanol–water partition coefficient (Wildman–Crippen LogP) is 3.97. The van der Waals surface area contributed by atoms with Crippen LogP contribution in [-0.2, 0) is 13.0 Å². The lowest BCUT2D eigenvalue weighted by molar-refractivity contribution is 0.141. The molecule has 0 bridgehead atoms. The minimum atomic E-state index is -0.284. The van der Waals surface area contributed by atoms with E-state index in [2.05, 4.69) is 43.7 Å². The molecule has 5 rings (SSSR count). The van der Waals surface area contributed by atoms with E-state index in [1.807, 2.05) is 24.8 Å². The fourth-order valence-electron chi connectivity index (χ4n) is 5.26. The predicted molar refractivity (Wildman–Crippen MR) is 115 cm³/mol. The molecule has 29 heavy (non-hydrogen) atoms. The average Bonchev–Trinajstić information content (AvgIpc) is 3.35. The summed E-state index contributed by atoms with van der Waals surface area (Å²) < 4.78 is 2.40. The summed E-state index contributed by atoms with van der Waals surface area (Å²) in [5.41, 5.74) is 3.61. The van der Waals surface area contributed by atoms with Crippen LogP contribution in [-0.4, -0.2) is 43.7 Å². The number of fused-ring (bicyclic) bond motifs is 1. The highest BCUT2D eigenvalue weighted by Gasteiger charge is 2.32. The van der Waals surface area contributed by atoms with E-state index in [1.54, 1.807) is 0 Å². The van der Waals surface area contributed by atoms with Crippen molar-refractivity contribution in [3.8, 4) is 0 Å². The number of aliphatic hydroxyl groups is 1. The van der Waals surface area contributed by atoms with Crippen LogP contribution >= 0.6 is 0 Å². The van der Waals surface area contributed by atoms with Crippen molar-refractivity contribution in [2.24, 2.45) is 5.92 Å². The van der Waals surface area contributed by atoms with Crippen LogP contribution in [0.15, 0.2) is 49.1 Å². The van der Waals surface area contributed by atoms with Gasteiger partial charge < -0.3 is 9.67 Å². The summed E-state index contributed by atoms with van der Waals surface area (Å²) in [6, 6.07) is 11.0. The highest BCUT2D eigenvalue weighted by Crippen LogP contribution is 2.30. The Labute approximate surface area is 172 Å². The van der Waals surface area contributed by atoms with Crippen molar-refractivity contribution in [1.82, 2.24) is 19.4 Å². The molecule has 1 saturated heterocycles. The van der Waals surface area contributed by atoms with E-state index in [1.165, 1.54) is 48.7 Å². The maximum atomic E-state index is 10.8. The summed E-state index contributed by atoms with van der Waals surface area (Å²) in [6.45, 7) is 2.54. The molecule has 1 N–H and O–H groups in total. The zero-order chi connectivity index (χ0) is 19.6. The Balaban J connectivity index is 1.27. The quantitative estimate of drug-likeness (QED) is 0.716. The SMILES string of the molecule is O[C@H]1CN(Cc2cncn2C2CCCCC2)C[C@H]1Cc1ccnc2ccccc12. The zero-order valence-electron chi connectivity index (χ0n) is 17.0. The third kappa shape index (κ3) is 3.94. The topological polar surface area (TPSA) is 54.2 Å². The Morgan fingerprint density at radius 3 is 2.79 bits per heavy atom. The van der Waals surface area contributed by atoms with Crippen molar-refractivity contribution in [2.45, 2.75) is 57.2 Å². The second kappa shape index (κ2) is 8.25. The maximum Gasteiger partial charge on any atom is 0.0951 e. The Bertz CT molecular complexity index is 957. The van der Waals surface area contributed by atoms with E-state index >= 15 is 0 Å². The number of para-hydroxylation sites is 1. The molecule has 0 radical (unpaired) electrons. The van der Waals surface area contributed by atoms with Crippen molar-refractivity contribution in [1.29, 1.82) is 0 Å². The first kappa shape index (κ1) is 18.8. The lowest BCUT2D eigenvalue weighted by Crippen LogP contribution is -2.24. The number of aliphatic hydroxyl groups excluding tert-OH is 1. The van der Waals surface area contributed by atoms with Crippen LogP contribution < -0.4 is 0 Å². The number of hydrogen-bond donors (Lipinski definition) is 1. The van der Waals surface area contributed by atoms with Gasteiger partial charge in [-0.1, -0.05) is 37.5 Å². The van der Waals surface area contributed by atoms with Crippen LogP contribution in [0.25, 0.3) is 10.9 Å². The summed E-state index contributed by atoms with van der Waals surface area (Å²) >= 11 is 0. The molecule has 2 aromatic heterocycles. The molecule has 5 heteroatoms. The highest BCUT2D eigenvalue weighted by atomic mass is 16.3. The summed E-state index contributed by atoms with van der Waals surface area (Å²) in [6.07, 6.45) is 13.1. The Hall–Kier alpha value is -2.24. The van der Waals surface area contributed by atoms with Gasteiger partial charge in [-0.05, 0) is 37.0 Å². The molecule has 1 saturated carbocycles. The molecule has 3 aromatic rings. The minimum Gasteiger partial charge on any atom is -0.391 e. The zero-order valence-corrected chi connectivity index (χ0v) is 17.0. The molecular formula is C24H30N4O. The van der Waals surface area contributed by atoms with Gasteiger partial charge in [0.1, 0.15) is 0 Å². The molecule has 5 nitrogen and oxygen atoms in total. The maximum absolute atomic E-state index is 10.8. The van der Waals surface area contributed by atoms with Crippen LogP contribution in [0, 0.1) is 5.92 Å². The molecule has 0 amide bonds. The van der Waals surface area contributed by atoms with E-state index < -0.39 is 0 Å². The van der Waals surface area contributed by atoms with Gasteiger partial charge in [0.15, 0.2) is 0 Å². The molecule has 1 aromatic carbocycles. The molecule has 0 spiro atoms. The molecule has 1 aliphatic heterocycles. The van der Waals surface area contributed by atoms with Crippen molar-refractivity contribution in [2.75, 3.05) is 13.1 Å². The fraction of sp³-hybridized carbons (Fsp3) is 0.500. The Morgan fingerprint density at radius 1 is 1.03 bits per heavy atom. The van der Waals surface area contributed by atoms with E-state index in [0.717, 1.165) is 31.6 Å². The number of imidazole rings is 1. The van der Waals surface area contributed by atoms with E-state index in [9.17, 15) is 5.11 Å². The summed E-state index contributed by atoms with van der Waals surface area (Å²) in [7, 11) is 0. The van der Waals surface area contributed by atoms with Crippen LogP contribution in [0.1, 0.15) is 49.4 Å². The lowest BCUT2D eigenvalue weighted by Gasteiger charge is -2.26. The van der Waals surface area contributed by atoms with Gasteiger partial charge in [0, 0.05) is 49.4 Å². The van der Waals surface area contributed by atoms with Gasteiger partial charge in [-0.15, -0.1) is 0 Å². The smallest absolute Gasteiger partial charge is 0.0951 e. The van der Waals surface area contributed by atoms with Gasteiger partial charge in [-0.3, -0.25) is 9.88 Å². The Morgan fingerprint density at radius 2 is 1.90 bits per heavy atom. The second-order valence-electron chi connectivity index (χ2n) is 8.80. The number of hydrogen-bond acceptors (Lipinski definition) is 4. The first-order chi connectivity index (χ1) is 14.3. The Kier molecular flexibility index (Phi) is 5.34. The van der Waals surface area contributed by atoms with E-state index in [-0.39, 0.29) is 12.0 Å². The minimum absolute atomic E-state index is 0.256. The second-order valence-corrected chi connectivity index (χ2v) is 8.80. The number of nitrogens with zero attached hydrogens (tertiary/aromatic N) is 4. The van der Waals surface area contributed by atoms with Gasteiger partial charge in [-0.2, -0.15) is 0 Å². The van der Waals surface area contributed by atoms with Gasteiger partial charge in [0.05, 0.1) is 23.6 Å². The highest BCUT2D eigenvalue weighted by molar-refractivity contribution is 5.81. The third-order valence-electron chi connectivity index (χ3n) is 6.80. The lowest BCUT2D eigenvalue weighted by atomic mass is 9.94. The van der Waals surface area contributed by atoms with E-state index in [0.29, 0.717) is 6.04 Å². The number of rotatable bonds is 5. The third-order valence-corrected chi connectivity index (χ3v) is 6.80. The number of benzene rings is 1. The summed E-state index contributed by atoms with van der Waals surface area (Å²) in [4.78, 5) is 11.3. The van der Waals surface area contributed by atoms with Gasteiger partial charge >= 0.3 is 0 Å². The molecule has 2 aliphatic rings. The number of likely N-dealkylation sites (tertiary alicyclic amines) is 1. The van der Waals surface area contributed by atoms with Gasteiger partial charge in [0.25, 0.3) is 0 Å². The van der Waals surface area contributed by atoms with Crippen molar-refractivity contribution < 1.29 is 5.11 Å². The molecular weight excluding hydrogens is 360 g/mol. The fourth-order valence-corrected chi connectivity index (χ4v) is 5.26. The van der Waals surface area contributed by atoms with Crippen LogP contribution in [0.4, 0.5) is 0 Å². The van der Waals surface area contributed by atoms with E-state index in [4.69, 9.17) is 0 Å². The number of pyridine rings is 1. The molecule has 152 valence electrons. The first-order valence-corrected chi connectivity index (χ1v) is 11.0. The largest absolute Gasteiger partial charge is 0.391 e. The molecule has 0 unspecified atom stereocenters. The molecule has 3 heterocycles. The standard InChI is InChI=1S/C24H30N4O/c29-24-16-27(15-21-13-25-17-28(21)20-6-2-1-3-7-20)14-19(24)12-18-10-11-26-23-9-5-4-8-22(18)23/h4-5,8-11,13,17,19-20,24,29H,1-3,6-7,12,14-16H2/t19-,24+/m1/s1. The number of β-amino-alcohol motifs (C(OH)–C–C–N with tert-alkyl or cyclic N) is 1. The summed E-state index contributed by atoms with van der Waals surface area (Å²) in [5, 5.41) is 12.0. The van der Waals surface area contributed by atoms with Gasteiger partial charge in [-0.25, -0.2) is 4.98 Å².